The van der Waals surface area contributed by atoms with Crippen molar-refractivity contribution in [3.05, 3.63) is 94.8 Å². The molecule has 5 atom stereocenters. The maximum absolute atomic E-state index is 13.5. The van der Waals surface area contributed by atoms with Crippen molar-refractivity contribution in [1.82, 2.24) is 19.8 Å². The van der Waals surface area contributed by atoms with Gasteiger partial charge in [-0.15, -0.1) is 0 Å². The van der Waals surface area contributed by atoms with E-state index in [1.807, 2.05) is 36.4 Å². The molecule has 2 aromatic heterocycles. The molecule has 8 rings (SSSR count). The molecule has 63 heavy (non-hydrogen) atoms. The molecule has 2 N–H and O–H groups in total. The molecule has 4 aliphatic rings. The number of amides is 2. The lowest BCUT2D eigenvalue weighted by Crippen LogP contribution is -2.49. The number of likely N-dealkylation sites (tertiary alicyclic amines) is 2. The lowest BCUT2D eigenvalue weighted by Gasteiger charge is -2.38. The van der Waals surface area contributed by atoms with E-state index in [0.717, 1.165) is 5.56 Å². The molecule has 4 aliphatic heterocycles. The van der Waals surface area contributed by atoms with Gasteiger partial charge in [0, 0.05) is 86.0 Å². The van der Waals surface area contributed by atoms with Crippen molar-refractivity contribution in [3.63, 3.8) is 0 Å². The molecule has 326 valence electrons. The molecule has 0 aliphatic carbocycles. The Balaban J connectivity index is 0.865. The Morgan fingerprint density at radius 2 is 1.51 bits per heavy atom. The summed E-state index contributed by atoms with van der Waals surface area (Å²) in [5, 5.41) is 22.4. The van der Waals surface area contributed by atoms with Crippen molar-refractivity contribution in [2.45, 2.75) is 62.1 Å². The highest BCUT2D eigenvalue weighted by atomic mass is 35.5. The molecule has 0 radical (unpaired) electrons. The lowest BCUT2D eigenvalue weighted by molar-refractivity contribution is -0.157. The van der Waals surface area contributed by atoms with Crippen LogP contribution >= 0.6 is 11.6 Å². The predicted molar refractivity (Wildman–Crippen MR) is 231 cm³/mol. The van der Waals surface area contributed by atoms with Crippen molar-refractivity contribution in [2.24, 2.45) is 5.92 Å². The Morgan fingerprint density at radius 1 is 0.873 bits per heavy atom. The minimum absolute atomic E-state index is 0.0223. The number of hydrogen-bond donors (Lipinski definition) is 2. The normalized spacial score (nSPS) is 23.5. The SMILES string of the molecule is COC(=O)c1cc(OC2COC2CC(C)CCN2CC[C@@](O)(C#Cc3cccc(-c4cc(OC5COC5)cc(Cl)n4)c3)C2=O)cc(-c2cccc(C#C[C@]3(O)CCN(C)C3=O)c2)n1. The average Bonchev–Trinajstić information content (AvgIpc) is 3.70. The van der Waals surface area contributed by atoms with E-state index in [1.54, 1.807) is 42.3 Å². The number of halogens is 1. The van der Waals surface area contributed by atoms with Gasteiger partial charge in [0.2, 0.25) is 11.2 Å². The quantitative estimate of drug-likeness (QED) is 0.116. The first-order valence-electron chi connectivity index (χ1n) is 20.8. The van der Waals surface area contributed by atoms with E-state index in [4.69, 9.17) is 35.3 Å². The number of rotatable bonds is 12. The minimum atomic E-state index is -1.80. The molecular formula is C48H47ClN4O10. The Kier molecular flexibility index (Phi) is 12.7. The van der Waals surface area contributed by atoms with Crippen LogP contribution < -0.4 is 9.47 Å². The molecule has 4 aromatic rings. The largest absolute Gasteiger partial charge is 0.485 e. The summed E-state index contributed by atoms with van der Waals surface area (Å²) < 4.78 is 28.4. The van der Waals surface area contributed by atoms with Crippen molar-refractivity contribution in [3.8, 4) is 57.7 Å². The maximum Gasteiger partial charge on any atom is 0.356 e. The van der Waals surface area contributed by atoms with Gasteiger partial charge in [-0.1, -0.05) is 66.5 Å². The Morgan fingerprint density at radius 3 is 2.10 bits per heavy atom. The zero-order valence-electron chi connectivity index (χ0n) is 35.1. The fraction of sp³-hybridized carbons (Fsp3) is 0.396. The smallest absolute Gasteiger partial charge is 0.356 e. The topological polar surface area (TPSA) is 170 Å². The number of aromatic nitrogens is 2. The van der Waals surface area contributed by atoms with Crippen LogP contribution in [0.25, 0.3) is 22.5 Å². The number of carbonyl (C=O) groups is 3. The summed E-state index contributed by atoms with van der Waals surface area (Å²) in [6, 6.07) is 21.2. The van der Waals surface area contributed by atoms with Gasteiger partial charge in [0.15, 0.2) is 5.69 Å². The van der Waals surface area contributed by atoms with Crippen molar-refractivity contribution in [1.29, 1.82) is 0 Å². The highest BCUT2D eigenvalue weighted by Gasteiger charge is 2.44. The van der Waals surface area contributed by atoms with E-state index in [1.165, 1.54) is 18.1 Å². The van der Waals surface area contributed by atoms with Crippen LogP contribution in [-0.4, -0.2) is 131 Å². The molecule has 15 heteroatoms. The first-order chi connectivity index (χ1) is 30.3. The summed E-state index contributed by atoms with van der Waals surface area (Å²) in [5.74, 6) is 11.2. The minimum Gasteiger partial charge on any atom is -0.485 e. The zero-order chi connectivity index (χ0) is 44.3. The summed E-state index contributed by atoms with van der Waals surface area (Å²) in [6.45, 7) is 4.73. The van der Waals surface area contributed by atoms with Gasteiger partial charge >= 0.3 is 5.97 Å². The van der Waals surface area contributed by atoms with Crippen molar-refractivity contribution >= 4 is 29.4 Å². The third-order valence-electron chi connectivity index (χ3n) is 11.6. The Bertz CT molecular complexity index is 2540. The van der Waals surface area contributed by atoms with Gasteiger partial charge in [-0.3, -0.25) is 9.59 Å². The molecule has 4 fully saturated rings. The van der Waals surface area contributed by atoms with E-state index >= 15 is 0 Å². The maximum atomic E-state index is 13.5. The van der Waals surface area contributed by atoms with Crippen LogP contribution in [0.3, 0.4) is 0 Å². The fourth-order valence-electron chi connectivity index (χ4n) is 7.73. The van der Waals surface area contributed by atoms with Gasteiger partial charge in [-0.2, -0.15) is 0 Å². The molecule has 14 nitrogen and oxygen atoms in total. The van der Waals surface area contributed by atoms with Crippen LogP contribution in [0.1, 0.15) is 54.2 Å². The van der Waals surface area contributed by atoms with Crippen molar-refractivity contribution < 1.29 is 48.3 Å². The van der Waals surface area contributed by atoms with E-state index < -0.39 is 29.0 Å². The molecule has 0 saturated carbocycles. The monoisotopic (exact) mass is 874 g/mol. The van der Waals surface area contributed by atoms with E-state index in [9.17, 15) is 24.6 Å². The Hall–Kier alpha value is -6.00. The second-order valence-electron chi connectivity index (χ2n) is 16.4. The van der Waals surface area contributed by atoms with Crippen LogP contribution in [0.4, 0.5) is 0 Å². The lowest BCUT2D eigenvalue weighted by atomic mass is 9.94. The van der Waals surface area contributed by atoms with Gasteiger partial charge in [0.25, 0.3) is 11.8 Å². The third kappa shape index (κ3) is 9.97. The molecule has 2 amide bonds. The number of aliphatic hydroxyl groups is 2. The van der Waals surface area contributed by atoms with Gasteiger partial charge in [0.05, 0.1) is 44.4 Å². The van der Waals surface area contributed by atoms with E-state index in [2.05, 4.69) is 40.6 Å². The molecule has 4 saturated heterocycles. The van der Waals surface area contributed by atoms with Gasteiger partial charge < -0.3 is 43.7 Å². The average molecular weight is 875 g/mol. The number of methoxy groups -OCH3 is 1. The van der Waals surface area contributed by atoms with Crippen LogP contribution in [0.2, 0.25) is 5.15 Å². The highest BCUT2D eigenvalue weighted by Crippen LogP contribution is 2.32. The number of esters is 1. The standard InChI is InChI=1S/C48H47ClN4O10/c1-30(12-17-53-19-16-48(58,46(53)56)14-11-32-7-5-9-34(22-32)39-24-36(26-43(49)51-39)62-37-27-60-28-37)20-41-42(29-61-41)63-35-23-38(50-40(25-35)44(54)59-3)33-8-4-6-31(21-33)10-13-47(57)15-18-52(2)45(47)55/h4-9,21-26,30,37,41-42,57-58H,12,15-20,27-29H2,1-3H3/t30?,41?,42?,47-,48-/m0/s1. The van der Waals surface area contributed by atoms with Gasteiger partial charge in [0.1, 0.15) is 28.9 Å². The summed E-state index contributed by atoms with van der Waals surface area (Å²) in [6.07, 6.45) is 1.19. The van der Waals surface area contributed by atoms with E-state index in [-0.39, 0.29) is 42.8 Å². The zero-order valence-corrected chi connectivity index (χ0v) is 35.9. The first kappa shape index (κ1) is 43.6. The third-order valence-corrected chi connectivity index (χ3v) is 11.8. The molecule has 2 aromatic carbocycles. The van der Waals surface area contributed by atoms with Crippen molar-refractivity contribution in [2.75, 3.05) is 53.6 Å². The van der Waals surface area contributed by atoms with Crippen LogP contribution in [-0.2, 0) is 23.8 Å². The number of likely N-dealkylation sites (N-methyl/N-ethyl adjacent to an activating group) is 1. The second-order valence-corrected chi connectivity index (χ2v) is 16.8. The molecule has 0 spiro atoms. The van der Waals surface area contributed by atoms with Crippen LogP contribution in [0.5, 0.6) is 11.5 Å². The van der Waals surface area contributed by atoms with Crippen LogP contribution in [0.15, 0.2) is 72.8 Å². The number of carbonyl (C=O) groups excluding carboxylic acids is 3. The molecule has 3 unspecified atom stereocenters. The second kappa shape index (κ2) is 18.4. The predicted octanol–water partition coefficient (Wildman–Crippen LogP) is 4.55. The highest BCUT2D eigenvalue weighted by molar-refractivity contribution is 6.29. The number of pyridine rings is 2. The summed E-state index contributed by atoms with van der Waals surface area (Å²) in [4.78, 5) is 50.6. The summed E-state index contributed by atoms with van der Waals surface area (Å²) in [7, 11) is 2.91. The van der Waals surface area contributed by atoms with Crippen LogP contribution in [0, 0.1) is 29.6 Å². The summed E-state index contributed by atoms with van der Waals surface area (Å²) in [5.41, 5.74) is 0.152. The Labute approximate surface area is 370 Å². The van der Waals surface area contributed by atoms with Gasteiger partial charge in [-0.05, 0) is 43.0 Å². The number of nitrogens with zero attached hydrogens (tertiary/aromatic N) is 4. The molecule has 6 heterocycles. The fourth-order valence-corrected chi connectivity index (χ4v) is 7.93. The summed E-state index contributed by atoms with van der Waals surface area (Å²) >= 11 is 6.30. The first-order valence-corrected chi connectivity index (χ1v) is 21.2. The molecule has 0 bridgehead atoms. The van der Waals surface area contributed by atoms with E-state index in [0.29, 0.717) is 97.0 Å². The number of benzene rings is 2. The molecular weight excluding hydrogens is 828 g/mol. The van der Waals surface area contributed by atoms with Gasteiger partial charge in [-0.25, -0.2) is 14.8 Å². The number of hydrogen-bond acceptors (Lipinski definition) is 12. The number of ether oxygens (including phenoxy) is 5.